The van der Waals surface area contributed by atoms with Crippen LogP contribution in [0, 0.1) is 20.2 Å². The predicted octanol–water partition coefficient (Wildman–Crippen LogP) is 0.809. The van der Waals surface area contributed by atoms with Crippen molar-refractivity contribution >= 4 is 39.0 Å². The molecule has 0 spiro atoms. The van der Waals surface area contributed by atoms with Crippen LogP contribution in [0.2, 0.25) is 0 Å². The topological polar surface area (TPSA) is 199 Å². The van der Waals surface area contributed by atoms with E-state index in [1.807, 2.05) is 0 Å². The molecule has 2 N–H and O–H groups in total. The summed E-state index contributed by atoms with van der Waals surface area (Å²) in [5.74, 6) is -2.09. The summed E-state index contributed by atoms with van der Waals surface area (Å²) in [6, 6.07) is 8.26. The molecule has 2 atom stereocenters. The molecule has 1 fully saturated rings. The molecular formula is C19H18N4O10S. The van der Waals surface area contributed by atoms with Gasteiger partial charge in [-0.05, 0) is 12.1 Å². The number of carbonyl (C=O) groups excluding carboxylic acids is 2. The van der Waals surface area contributed by atoms with E-state index >= 15 is 0 Å². The lowest BCUT2D eigenvalue weighted by Gasteiger charge is -2.22. The van der Waals surface area contributed by atoms with Crippen molar-refractivity contribution in [1.82, 2.24) is 4.31 Å². The number of nitro groups is 2. The summed E-state index contributed by atoms with van der Waals surface area (Å²) in [7, 11) is -4.59. The fourth-order valence-corrected chi connectivity index (χ4v) is 5.16. The number of aliphatic hydroxyl groups excluding tert-OH is 1. The molecule has 34 heavy (non-hydrogen) atoms. The van der Waals surface area contributed by atoms with Gasteiger partial charge in [-0.1, -0.05) is 24.3 Å². The zero-order valence-corrected chi connectivity index (χ0v) is 18.1. The molecule has 0 saturated carbocycles. The van der Waals surface area contributed by atoms with Gasteiger partial charge in [-0.3, -0.25) is 29.8 Å². The van der Waals surface area contributed by atoms with Crippen LogP contribution >= 0.6 is 0 Å². The number of anilines is 1. The first-order chi connectivity index (χ1) is 16.0. The lowest BCUT2D eigenvalue weighted by atomic mass is 10.2. The first-order valence-electron chi connectivity index (χ1n) is 9.65. The van der Waals surface area contributed by atoms with Gasteiger partial charge in [0, 0.05) is 25.1 Å². The summed E-state index contributed by atoms with van der Waals surface area (Å²) in [5, 5.41) is 34.5. The second-order valence-corrected chi connectivity index (χ2v) is 8.99. The van der Waals surface area contributed by atoms with Crippen LogP contribution in [0.15, 0.2) is 53.4 Å². The molecule has 1 saturated heterocycles. The molecule has 0 radical (unpaired) electrons. The second kappa shape index (κ2) is 9.90. The highest BCUT2D eigenvalue weighted by atomic mass is 32.2. The molecule has 2 unspecified atom stereocenters. The smallest absolute Gasteiger partial charge is 0.325 e. The Balaban J connectivity index is 1.74. The van der Waals surface area contributed by atoms with E-state index in [1.165, 1.54) is 30.3 Å². The van der Waals surface area contributed by atoms with Crippen LogP contribution in [0.1, 0.15) is 6.42 Å². The molecule has 1 aliphatic rings. The van der Waals surface area contributed by atoms with Crippen molar-refractivity contribution < 1.29 is 37.7 Å². The molecular weight excluding hydrogens is 476 g/mol. The first kappa shape index (κ1) is 24.7. The third kappa shape index (κ3) is 5.16. The van der Waals surface area contributed by atoms with Crippen LogP contribution in [0.25, 0.3) is 0 Å². The summed E-state index contributed by atoms with van der Waals surface area (Å²) in [6.07, 6.45) is -1.61. The molecule has 0 bridgehead atoms. The van der Waals surface area contributed by atoms with Crippen LogP contribution in [0.4, 0.5) is 17.1 Å². The minimum Gasteiger partial charge on any atom is -0.454 e. The van der Waals surface area contributed by atoms with Crippen LogP contribution in [0.3, 0.4) is 0 Å². The molecule has 3 rings (SSSR count). The lowest BCUT2D eigenvalue weighted by molar-refractivity contribution is -0.387. The highest BCUT2D eigenvalue weighted by molar-refractivity contribution is 7.89. The minimum atomic E-state index is -4.59. The van der Waals surface area contributed by atoms with E-state index < -0.39 is 67.6 Å². The maximum absolute atomic E-state index is 13.1. The monoisotopic (exact) mass is 494 g/mol. The van der Waals surface area contributed by atoms with Gasteiger partial charge in [-0.15, -0.1) is 0 Å². The van der Waals surface area contributed by atoms with E-state index in [0.29, 0.717) is 4.31 Å². The summed E-state index contributed by atoms with van der Waals surface area (Å²) in [6.45, 7) is -1.41. The number of β-amino-alcohol motifs (C(OH)–C–C–N with tert-alkyl or cyclic N) is 1. The number of esters is 1. The third-order valence-electron chi connectivity index (χ3n) is 4.87. The first-order valence-corrected chi connectivity index (χ1v) is 11.1. The molecule has 0 aliphatic carbocycles. The Labute approximate surface area is 192 Å². The number of para-hydroxylation sites is 3. The molecule has 2 aromatic carbocycles. The van der Waals surface area contributed by atoms with Crippen molar-refractivity contribution in [3.05, 3.63) is 68.8 Å². The van der Waals surface area contributed by atoms with Crippen molar-refractivity contribution in [3.8, 4) is 0 Å². The number of ether oxygens (including phenoxy) is 1. The number of rotatable bonds is 8. The van der Waals surface area contributed by atoms with Gasteiger partial charge in [-0.25, -0.2) is 8.42 Å². The zero-order chi connectivity index (χ0) is 25.0. The second-order valence-electron chi connectivity index (χ2n) is 7.14. The van der Waals surface area contributed by atoms with Crippen molar-refractivity contribution in [3.63, 3.8) is 0 Å². The molecule has 14 nitrogen and oxygen atoms in total. The van der Waals surface area contributed by atoms with E-state index in [-0.39, 0.29) is 17.8 Å². The van der Waals surface area contributed by atoms with Gasteiger partial charge in [0.1, 0.15) is 11.7 Å². The molecule has 1 heterocycles. The normalized spacial score (nSPS) is 18.3. The quantitative estimate of drug-likeness (QED) is 0.300. The van der Waals surface area contributed by atoms with E-state index in [2.05, 4.69) is 5.32 Å². The average molecular weight is 494 g/mol. The fourth-order valence-electron chi connectivity index (χ4n) is 3.37. The van der Waals surface area contributed by atoms with Crippen LogP contribution in [0.5, 0.6) is 0 Å². The number of hydrogen-bond donors (Lipinski definition) is 2. The summed E-state index contributed by atoms with van der Waals surface area (Å²) in [4.78, 5) is 44.7. The van der Waals surface area contributed by atoms with Gasteiger partial charge in [0.25, 0.3) is 27.3 Å². The highest BCUT2D eigenvalue weighted by Crippen LogP contribution is 2.32. The maximum Gasteiger partial charge on any atom is 0.325 e. The average Bonchev–Trinajstić information content (AvgIpc) is 3.20. The van der Waals surface area contributed by atoms with Gasteiger partial charge in [0.2, 0.25) is 0 Å². The standard InChI is InChI=1S/C19H18N4O10S/c24-12-9-16(21(10-12)34(31,32)17-8-4-3-7-15(17)23(29)30)19(26)33-11-18(25)20-13-5-1-2-6-14(13)22(27)28/h1-8,12,16,24H,9-11H2,(H,20,25). The number of hydrogen-bond acceptors (Lipinski definition) is 10. The Morgan fingerprint density at radius 1 is 1.06 bits per heavy atom. The Bertz CT molecular complexity index is 1250. The molecule has 1 aliphatic heterocycles. The molecule has 2 aromatic rings. The van der Waals surface area contributed by atoms with Gasteiger partial charge in [0.15, 0.2) is 11.5 Å². The number of nitrogens with zero attached hydrogens (tertiary/aromatic N) is 3. The van der Waals surface area contributed by atoms with Crippen molar-refractivity contribution in [1.29, 1.82) is 0 Å². The summed E-state index contributed by atoms with van der Waals surface area (Å²) < 4.78 is 31.6. The minimum absolute atomic E-state index is 0.134. The number of nitro benzene ring substituents is 2. The Morgan fingerprint density at radius 2 is 1.65 bits per heavy atom. The Kier molecular flexibility index (Phi) is 7.19. The number of aliphatic hydroxyl groups is 1. The highest BCUT2D eigenvalue weighted by Gasteiger charge is 2.46. The van der Waals surface area contributed by atoms with E-state index in [9.17, 15) is 43.3 Å². The molecule has 180 valence electrons. The van der Waals surface area contributed by atoms with Crippen molar-refractivity contribution in [2.45, 2.75) is 23.5 Å². The van der Waals surface area contributed by atoms with Crippen LogP contribution < -0.4 is 5.32 Å². The van der Waals surface area contributed by atoms with Crippen LogP contribution in [-0.4, -0.2) is 64.9 Å². The third-order valence-corrected chi connectivity index (χ3v) is 6.80. The summed E-state index contributed by atoms with van der Waals surface area (Å²) >= 11 is 0. The Hall–Kier alpha value is -3.95. The Morgan fingerprint density at radius 3 is 2.29 bits per heavy atom. The van der Waals surface area contributed by atoms with Gasteiger partial charge in [0.05, 0.1) is 16.0 Å². The maximum atomic E-state index is 13.1. The largest absolute Gasteiger partial charge is 0.454 e. The van der Waals surface area contributed by atoms with Gasteiger partial charge in [-0.2, -0.15) is 4.31 Å². The van der Waals surface area contributed by atoms with Crippen LogP contribution in [-0.2, 0) is 24.3 Å². The fraction of sp³-hybridized carbons (Fsp3) is 0.263. The number of sulfonamides is 1. The lowest BCUT2D eigenvalue weighted by Crippen LogP contribution is -2.42. The van der Waals surface area contributed by atoms with E-state index in [0.717, 1.165) is 18.2 Å². The van der Waals surface area contributed by atoms with E-state index in [1.54, 1.807) is 0 Å². The number of carbonyl (C=O) groups is 2. The number of benzene rings is 2. The van der Waals surface area contributed by atoms with Crippen molar-refractivity contribution in [2.75, 3.05) is 18.5 Å². The molecule has 1 amide bonds. The predicted molar refractivity (Wildman–Crippen MR) is 114 cm³/mol. The number of amides is 1. The van der Waals surface area contributed by atoms with E-state index in [4.69, 9.17) is 4.74 Å². The zero-order valence-electron chi connectivity index (χ0n) is 17.3. The van der Waals surface area contributed by atoms with Crippen molar-refractivity contribution in [2.24, 2.45) is 0 Å². The number of nitrogens with one attached hydrogen (secondary N) is 1. The summed E-state index contributed by atoms with van der Waals surface area (Å²) in [5.41, 5.74) is -1.23. The molecule has 15 heteroatoms. The molecule has 0 aromatic heterocycles. The van der Waals surface area contributed by atoms with Gasteiger partial charge >= 0.3 is 5.97 Å². The SMILES string of the molecule is O=C(COC(=O)C1CC(O)CN1S(=O)(=O)c1ccccc1[N+](=O)[O-])Nc1ccccc1[N+](=O)[O-]. The van der Waals surface area contributed by atoms with Gasteiger partial charge < -0.3 is 15.2 Å².